The van der Waals surface area contributed by atoms with E-state index in [0.717, 1.165) is 11.3 Å². The third kappa shape index (κ3) is 1.11. The smallest absolute Gasteiger partial charge is 0.202 e. The average molecular weight is 202 g/mol. The van der Waals surface area contributed by atoms with Crippen molar-refractivity contribution in [2.75, 3.05) is 0 Å². The lowest BCUT2D eigenvalue weighted by atomic mass is 10.2. The second kappa shape index (κ2) is 2.71. The number of halogens is 2. The largest absolute Gasteiger partial charge is 0.213 e. The van der Waals surface area contributed by atoms with Crippen LogP contribution < -0.4 is 0 Å². The van der Waals surface area contributed by atoms with Crippen LogP contribution in [-0.2, 0) is 0 Å². The number of hydrogen-bond acceptors (Lipinski definition) is 2. The molecule has 0 aliphatic rings. The van der Waals surface area contributed by atoms with Crippen molar-refractivity contribution < 1.29 is 8.78 Å². The monoisotopic (exact) mass is 202 g/mol. The van der Waals surface area contributed by atoms with E-state index in [1.54, 1.807) is 12.1 Å². The van der Waals surface area contributed by atoms with Gasteiger partial charge < -0.3 is 0 Å². The van der Waals surface area contributed by atoms with Crippen LogP contribution in [0, 0.1) is 10.9 Å². The van der Waals surface area contributed by atoms with Gasteiger partial charge >= 0.3 is 0 Å². The molecule has 0 bridgehead atoms. The van der Waals surface area contributed by atoms with Gasteiger partial charge in [-0.1, -0.05) is 0 Å². The number of benzene rings is 1. The standard InChI is InChI=1S/C8H4F2S2/c9-7-5-2-1-4(11)3-6(5)12-8(7)10/h1-3,11H. The second-order valence-corrected chi connectivity index (χ2v) is 3.89. The molecule has 0 radical (unpaired) electrons. The molecule has 1 heterocycles. The van der Waals surface area contributed by atoms with E-state index in [0.29, 0.717) is 15.0 Å². The van der Waals surface area contributed by atoms with Crippen LogP contribution in [0.25, 0.3) is 10.1 Å². The van der Waals surface area contributed by atoms with Crippen LogP contribution in [0.5, 0.6) is 0 Å². The molecule has 0 saturated heterocycles. The zero-order valence-corrected chi connectivity index (χ0v) is 7.55. The van der Waals surface area contributed by atoms with Gasteiger partial charge in [-0.15, -0.1) is 24.0 Å². The van der Waals surface area contributed by atoms with E-state index in [9.17, 15) is 8.78 Å². The Kier molecular flexibility index (Phi) is 1.81. The van der Waals surface area contributed by atoms with Crippen LogP contribution in [0.1, 0.15) is 0 Å². The summed E-state index contributed by atoms with van der Waals surface area (Å²) in [6.45, 7) is 0. The topological polar surface area (TPSA) is 0 Å². The first-order valence-electron chi connectivity index (χ1n) is 3.25. The predicted octanol–water partition coefficient (Wildman–Crippen LogP) is 3.47. The fourth-order valence-corrected chi connectivity index (χ4v) is 2.16. The molecule has 62 valence electrons. The van der Waals surface area contributed by atoms with Crippen molar-refractivity contribution in [3.8, 4) is 0 Å². The van der Waals surface area contributed by atoms with Gasteiger partial charge in [0.15, 0.2) is 5.82 Å². The van der Waals surface area contributed by atoms with Crippen molar-refractivity contribution in [2.24, 2.45) is 0 Å². The van der Waals surface area contributed by atoms with E-state index in [4.69, 9.17) is 0 Å². The lowest BCUT2D eigenvalue weighted by molar-refractivity contribution is 0.538. The highest BCUT2D eigenvalue weighted by atomic mass is 32.1. The Balaban J connectivity index is 2.87. The zero-order chi connectivity index (χ0) is 8.72. The SMILES string of the molecule is Fc1sc2cc(S)ccc2c1F. The summed E-state index contributed by atoms with van der Waals surface area (Å²) in [5, 5.41) is -0.431. The molecule has 0 spiro atoms. The molecule has 2 aromatic rings. The normalized spacial score (nSPS) is 10.9. The van der Waals surface area contributed by atoms with Gasteiger partial charge in [-0.2, -0.15) is 4.39 Å². The molecule has 0 N–H and O–H groups in total. The van der Waals surface area contributed by atoms with E-state index in [1.807, 2.05) is 0 Å². The third-order valence-electron chi connectivity index (χ3n) is 1.57. The Morgan fingerprint density at radius 1 is 1.25 bits per heavy atom. The van der Waals surface area contributed by atoms with E-state index in [1.165, 1.54) is 6.07 Å². The molecule has 0 aliphatic heterocycles. The molecule has 0 unspecified atom stereocenters. The highest BCUT2D eigenvalue weighted by Crippen LogP contribution is 2.29. The summed E-state index contributed by atoms with van der Waals surface area (Å²) in [6.07, 6.45) is 0. The van der Waals surface area contributed by atoms with Crippen molar-refractivity contribution in [3.63, 3.8) is 0 Å². The molecule has 0 fully saturated rings. The van der Waals surface area contributed by atoms with Crippen molar-refractivity contribution in [3.05, 3.63) is 29.1 Å². The Hall–Kier alpha value is -0.610. The quantitative estimate of drug-likeness (QED) is 0.621. The fraction of sp³-hybridized carbons (Fsp3) is 0. The predicted molar refractivity (Wildman–Crippen MR) is 49.0 cm³/mol. The summed E-state index contributed by atoms with van der Waals surface area (Å²) in [5.41, 5.74) is 0. The van der Waals surface area contributed by atoms with Gasteiger partial charge in [0, 0.05) is 15.0 Å². The summed E-state index contributed by atoms with van der Waals surface area (Å²) in [5.74, 6) is -0.761. The summed E-state index contributed by atoms with van der Waals surface area (Å²) >= 11 is 4.87. The fourth-order valence-electron chi connectivity index (χ4n) is 1.02. The molecule has 0 atom stereocenters. The maximum absolute atomic E-state index is 12.9. The van der Waals surface area contributed by atoms with E-state index in [-0.39, 0.29) is 0 Å². The minimum Gasteiger partial charge on any atom is -0.202 e. The maximum Gasteiger partial charge on any atom is 0.213 e. The molecule has 4 heteroatoms. The second-order valence-electron chi connectivity index (χ2n) is 2.37. The van der Waals surface area contributed by atoms with Crippen LogP contribution in [0.4, 0.5) is 8.78 Å². The lowest BCUT2D eigenvalue weighted by Gasteiger charge is -1.89. The summed E-state index contributed by atoms with van der Waals surface area (Å²) in [4.78, 5) is 0.712. The molecule has 0 nitrogen and oxygen atoms in total. The Morgan fingerprint density at radius 2 is 2.00 bits per heavy atom. The first kappa shape index (κ1) is 8.01. The van der Waals surface area contributed by atoms with Gasteiger partial charge in [-0.3, -0.25) is 0 Å². The van der Waals surface area contributed by atoms with E-state index >= 15 is 0 Å². The molecule has 1 aromatic carbocycles. The van der Waals surface area contributed by atoms with Gasteiger partial charge in [0.05, 0.1) is 0 Å². The summed E-state index contributed by atoms with van der Waals surface area (Å²) in [7, 11) is 0. The van der Waals surface area contributed by atoms with Crippen LogP contribution in [0.2, 0.25) is 0 Å². The number of fused-ring (bicyclic) bond motifs is 1. The van der Waals surface area contributed by atoms with Crippen LogP contribution >= 0.6 is 24.0 Å². The molecule has 12 heavy (non-hydrogen) atoms. The Morgan fingerprint density at radius 3 is 2.75 bits per heavy atom. The minimum absolute atomic E-state index is 0.329. The number of thiophene rings is 1. The molecule has 2 rings (SSSR count). The molecular weight excluding hydrogens is 198 g/mol. The van der Waals surface area contributed by atoms with Crippen molar-refractivity contribution in [2.45, 2.75) is 4.90 Å². The summed E-state index contributed by atoms with van der Waals surface area (Å²) in [6, 6.07) is 4.82. The van der Waals surface area contributed by atoms with Gasteiger partial charge in [0.2, 0.25) is 5.13 Å². The van der Waals surface area contributed by atoms with Gasteiger partial charge in [0.25, 0.3) is 0 Å². The first-order chi connectivity index (χ1) is 5.68. The molecule has 1 aromatic heterocycles. The number of rotatable bonds is 0. The van der Waals surface area contributed by atoms with Gasteiger partial charge in [-0.05, 0) is 18.2 Å². The molecular formula is C8H4F2S2. The van der Waals surface area contributed by atoms with Crippen molar-refractivity contribution >= 4 is 34.1 Å². The number of hydrogen-bond donors (Lipinski definition) is 1. The molecule has 0 saturated carbocycles. The highest BCUT2D eigenvalue weighted by molar-refractivity contribution is 7.80. The third-order valence-corrected chi connectivity index (χ3v) is 2.77. The number of thiol groups is 1. The van der Waals surface area contributed by atoms with Crippen LogP contribution in [0.3, 0.4) is 0 Å². The lowest BCUT2D eigenvalue weighted by Crippen LogP contribution is -1.71. The maximum atomic E-state index is 12.9. The van der Waals surface area contributed by atoms with Crippen LogP contribution in [-0.4, -0.2) is 0 Å². The Bertz CT molecular complexity index is 434. The van der Waals surface area contributed by atoms with Crippen molar-refractivity contribution in [1.82, 2.24) is 0 Å². The van der Waals surface area contributed by atoms with Gasteiger partial charge in [-0.25, -0.2) is 4.39 Å². The van der Waals surface area contributed by atoms with E-state index < -0.39 is 10.9 Å². The molecule has 0 amide bonds. The first-order valence-corrected chi connectivity index (χ1v) is 4.51. The summed E-state index contributed by atoms with van der Waals surface area (Å²) < 4.78 is 26.2. The van der Waals surface area contributed by atoms with Crippen molar-refractivity contribution in [1.29, 1.82) is 0 Å². The average Bonchev–Trinajstić information content (AvgIpc) is 2.28. The van der Waals surface area contributed by atoms with Gasteiger partial charge in [0.1, 0.15) is 0 Å². The van der Waals surface area contributed by atoms with E-state index in [2.05, 4.69) is 12.6 Å². The highest BCUT2D eigenvalue weighted by Gasteiger charge is 2.10. The van der Waals surface area contributed by atoms with Crippen LogP contribution in [0.15, 0.2) is 23.1 Å². The molecule has 0 aliphatic carbocycles. The Labute approximate surface area is 77.2 Å². The zero-order valence-electron chi connectivity index (χ0n) is 5.84. The minimum atomic E-state index is -0.761.